The van der Waals surface area contributed by atoms with E-state index in [1.54, 1.807) is 0 Å². The standard InChI is InChI=1S/C7H5BO3/c1-4(9)5-2-3-6(11-5)7(8)10/h2-3H,1H3. The highest BCUT2D eigenvalue weighted by molar-refractivity contribution is 6.61. The molecule has 3 nitrogen and oxygen atoms in total. The summed E-state index contributed by atoms with van der Waals surface area (Å²) in [6.07, 6.45) is 0. The van der Waals surface area contributed by atoms with Crippen LogP contribution in [0, 0.1) is 0 Å². The molecule has 0 aliphatic heterocycles. The second kappa shape index (κ2) is 2.74. The SMILES string of the molecule is [B]C(=O)c1ccc(C(C)=O)o1. The number of furan rings is 1. The van der Waals surface area contributed by atoms with E-state index in [1.807, 2.05) is 0 Å². The van der Waals surface area contributed by atoms with Crippen molar-refractivity contribution in [3.63, 3.8) is 0 Å². The van der Waals surface area contributed by atoms with Crippen LogP contribution in [0.1, 0.15) is 28.0 Å². The van der Waals surface area contributed by atoms with Crippen molar-refractivity contribution in [1.82, 2.24) is 0 Å². The Morgan fingerprint density at radius 1 is 1.36 bits per heavy atom. The minimum Gasteiger partial charge on any atom is -0.451 e. The number of hydrogen-bond acceptors (Lipinski definition) is 3. The lowest BCUT2D eigenvalue weighted by molar-refractivity contribution is 0.0980. The zero-order valence-electron chi connectivity index (χ0n) is 5.96. The fourth-order valence-corrected chi connectivity index (χ4v) is 0.660. The zero-order valence-corrected chi connectivity index (χ0v) is 5.96. The molecule has 1 aromatic heterocycles. The lowest BCUT2D eigenvalue weighted by atomic mass is 10.0. The minimum absolute atomic E-state index is 0.00944. The van der Waals surface area contributed by atoms with Crippen LogP contribution < -0.4 is 0 Å². The van der Waals surface area contributed by atoms with E-state index in [0.29, 0.717) is 0 Å². The van der Waals surface area contributed by atoms with Gasteiger partial charge < -0.3 is 9.21 Å². The Bertz CT molecular complexity index is 272. The molecule has 0 saturated heterocycles. The monoisotopic (exact) mass is 148 g/mol. The van der Waals surface area contributed by atoms with E-state index in [1.165, 1.54) is 19.1 Å². The van der Waals surface area contributed by atoms with Crippen LogP contribution in [0.4, 0.5) is 0 Å². The van der Waals surface area contributed by atoms with Crippen molar-refractivity contribution in [2.75, 3.05) is 0 Å². The minimum atomic E-state index is -0.669. The van der Waals surface area contributed by atoms with E-state index < -0.39 is 5.68 Å². The van der Waals surface area contributed by atoms with Gasteiger partial charge >= 0.3 is 0 Å². The molecule has 0 saturated carbocycles. The topological polar surface area (TPSA) is 47.3 Å². The second-order valence-corrected chi connectivity index (χ2v) is 2.08. The Hall–Kier alpha value is -1.32. The lowest BCUT2D eigenvalue weighted by Crippen LogP contribution is -1.94. The van der Waals surface area contributed by atoms with E-state index in [-0.39, 0.29) is 17.3 Å². The molecule has 11 heavy (non-hydrogen) atoms. The predicted octanol–water partition coefficient (Wildman–Crippen LogP) is 0.791. The first-order chi connectivity index (χ1) is 5.11. The van der Waals surface area contributed by atoms with Gasteiger partial charge in [0.2, 0.25) is 0 Å². The van der Waals surface area contributed by atoms with Crippen molar-refractivity contribution < 1.29 is 14.0 Å². The highest BCUT2D eigenvalue weighted by Gasteiger charge is 2.07. The van der Waals surface area contributed by atoms with Crippen molar-refractivity contribution in [3.05, 3.63) is 23.7 Å². The maximum atomic E-state index is 10.6. The second-order valence-electron chi connectivity index (χ2n) is 2.08. The fraction of sp³-hybridized carbons (Fsp3) is 0.143. The summed E-state index contributed by atoms with van der Waals surface area (Å²) in [7, 11) is 4.88. The third-order valence-corrected chi connectivity index (χ3v) is 1.20. The molecule has 0 unspecified atom stereocenters. The normalized spacial score (nSPS) is 9.55. The van der Waals surface area contributed by atoms with Gasteiger partial charge in [0, 0.05) is 6.92 Å². The molecule has 1 heterocycles. The molecule has 0 spiro atoms. The van der Waals surface area contributed by atoms with Crippen LogP contribution in [0.3, 0.4) is 0 Å². The first-order valence-electron chi connectivity index (χ1n) is 3.02. The van der Waals surface area contributed by atoms with Crippen molar-refractivity contribution in [1.29, 1.82) is 0 Å². The van der Waals surface area contributed by atoms with Crippen molar-refractivity contribution >= 4 is 19.3 Å². The van der Waals surface area contributed by atoms with E-state index in [0.717, 1.165) is 0 Å². The third-order valence-electron chi connectivity index (χ3n) is 1.20. The average Bonchev–Trinajstić information content (AvgIpc) is 2.33. The first-order valence-corrected chi connectivity index (χ1v) is 3.02. The molecule has 2 radical (unpaired) electrons. The highest BCUT2D eigenvalue weighted by Crippen LogP contribution is 2.07. The van der Waals surface area contributed by atoms with Crippen LogP contribution >= 0.6 is 0 Å². The molecule has 0 bridgehead atoms. The van der Waals surface area contributed by atoms with Gasteiger partial charge in [-0.05, 0) is 12.1 Å². The molecule has 0 amide bonds. The van der Waals surface area contributed by atoms with Crippen LogP contribution in [0.15, 0.2) is 16.5 Å². The van der Waals surface area contributed by atoms with E-state index in [4.69, 9.17) is 12.3 Å². The van der Waals surface area contributed by atoms with Crippen molar-refractivity contribution in [2.24, 2.45) is 0 Å². The first kappa shape index (κ1) is 7.79. The summed E-state index contributed by atoms with van der Waals surface area (Å²) in [6, 6.07) is 2.79. The summed E-state index contributed by atoms with van der Waals surface area (Å²) >= 11 is 0. The molecular weight excluding hydrogens is 143 g/mol. The van der Waals surface area contributed by atoms with E-state index >= 15 is 0 Å². The molecule has 54 valence electrons. The average molecular weight is 148 g/mol. The number of hydrogen-bond donors (Lipinski definition) is 0. The van der Waals surface area contributed by atoms with Crippen LogP contribution in [0.2, 0.25) is 0 Å². The molecule has 0 aromatic carbocycles. The van der Waals surface area contributed by atoms with Gasteiger partial charge in [-0.2, -0.15) is 0 Å². The molecule has 0 fully saturated rings. The third kappa shape index (κ3) is 1.58. The maximum absolute atomic E-state index is 10.6. The van der Waals surface area contributed by atoms with Gasteiger partial charge in [0.05, 0.1) is 0 Å². The van der Waals surface area contributed by atoms with E-state index in [2.05, 4.69) is 0 Å². The van der Waals surface area contributed by atoms with Gasteiger partial charge in [0.15, 0.2) is 25.2 Å². The van der Waals surface area contributed by atoms with Crippen LogP contribution in [-0.4, -0.2) is 19.3 Å². The summed E-state index contributed by atoms with van der Waals surface area (Å²) in [5, 5.41) is 0. The predicted molar refractivity (Wildman–Crippen MR) is 38.8 cm³/mol. The summed E-state index contributed by atoms with van der Waals surface area (Å²) < 4.78 is 4.78. The largest absolute Gasteiger partial charge is 0.451 e. The van der Waals surface area contributed by atoms with Gasteiger partial charge in [-0.15, -0.1) is 0 Å². The highest BCUT2D eigenvalue weighted by atomic mass is 16.4. The van der Waals surface area contributed by atoms with Gasteiger partial charge in [0.25, 0.3) is 0 Å². The summed E-state index contributed by atoms with van der Waals surface area (Å²) in [6.45, 7) is 1.35. The molecule has 4 heteroatoms. The quantitative estimate of drug-likeness (QED) is 0.460. The number of carbonyl (C=O) groups excluding carboxylic acids is 2. The van der Waals surface area contributed by atoms with Gasteiger partial charge in [0.1, 0.15) is 5.68 Å². The Morgan fingerprint density at radius 3 is 2.18 bits per heavy atom. The Kier molecular flexibility index (Phi) is 1.94. The van der Waals surface area contributed by atoms with Crippen LogP contribution in [0.25, 0.3) is 0 Å². The number of ketones is 1. The molecule has 0 N–H and O–H groups in total. The fourth-order valence-electron chi connectivity index (χ4n) is 0.660. The smallest absolute Gasteiger partial charge is 0.194 e. The molecule has 1 rings (SSSR count). The summed E-state index contributed by atoms with van der Waals surface area (Å²) in [4.78, 5) is 21.1. The van der Waals surface area contributed by atoms with Gasteiger partial charge in [-0.25, -0.2) is 0 Å². The van der Waals surface area contributed by atoms with E-state index in [9.17, 15) is 9.59 Å². The summed E-state index contributed by atoms with van der Waals surface area (Å²) in [5.74, 6) is -0.0634. The van der Waals surface area contributed by atoms with Gasteiger partial charge in [-0.1, -0.05) is 0 Å². The lowest BCUT2D eigenvalue weighted by Gasteiger charge is -1.86. The maximum Gasteiger partial charge on any atom is 0.194 e. The summed E-state index contributed by atoms with van der Waals surface area (Å²) in [5.41, 5.74) is -0.669. The van der Waals surface area contributed by atoms with Crippen LogP contribution in [0.5, 0.6) is 0 Å². The van der Waals surface area contributed by atoms with Crippen LogP contribution in [-0.2, 0) is 0 Å². The van der Waals surface area contributed by atoms with Crippen molar-refractivity contribution in [3.8, 4) is 0 Å². The zero-order chi connectivity index (χ0) is 8.43. The number of rotatable bonds is 2. The Labute approximate surface area is 64.8 Å². The Morgan fingerprint density at radius 2 is 1.91 bits per heavy atom. The molecule has 0 atom stereocenters. The molecule has 0 aliphatic rings. The van der Waals surface area contributed by atoms with Gasteiger partial charge in [-0.3, -0.25) is 4.79 Å². The number of Topliss-reactive ketones (excluding diaryl/α,β-unsaturated/α-hetero) is 1. The van der Waals surface area contributed by atoms with Crippen molar-refractivity contribution in [2.45, 2.75) is 6.92 Å². The molecular formula is C7H5BO3. The number of carbonyl (C=O) groups is 2. The Balaban J connectivity index is 2.99. The molecule has 1 aromatic rings. The molecule has 0 aliphatic carbocycles.